The minimum atomic E-state index is -3.46. The molecule has 0 amide bonds. The van der Waals surface area contributed by atoms with Crippen LogP contribution in [0.1, 0.15) is 25.8 Å². The fraction of sp³-hybridized carbons (Fsp3) is 0.600. The van der Waals surface area contributed by atoms with Crippen LogP contribution in [0, 0.1) is 0 Å². The van der Waals surface area contributed by atoms with Crippen LogP contribution in [0.25, 0.3) is 0 Å². The summed E-state index contributed by atoms with van der Waals surface area (Å²) >= 11 is 0. The van der Waals surface area contributed by atoms with E-state index in [0.717, 1.165) is 19.5 Å². The van der Waals surface area contributed by atoms with Crippen LogP contribution in [0.5, 0.6) is 0 Å². The molecule has 1 atom stereocenters. The standard InChI is InChI=1S/C15H24N2O3S/c1-3-16(4-2)14-8-9-17(11-14)21(19,20)15-7-5-6-13(10-15)12-18/h5-7,10,14,18H,3-4,8-9,11-12H2,1-2H3. The number of benzene rings is 1. The zero-order chi connectivity index (χ0) is 15.5. The number of aliphatic hydroxyl groups is 1. The second kappa shape index (κ2) is 6.87. The van der Waals surface area contributed by atoms with Crippen LogP contribution in [-0.4, -0.2) is 55.0 Å². The molecule has 0 radical (unpaired) electrons. The lowest BCUT2D eigenvalue weighted by atomic mass is 10.2. The third kappa shape index (κ3) is 3.45. The van der Waals surface area contributed by atoms with Crippen molar-refractivity contribution >= 4 is 10.0 Å². The van der Waals surface area contributed by atoms with Gasteiger partial charge in [-0.3, -0.25) is 4.90 Å². The molecule has 1 saturated heterocycles. The van der Waals surface area contributed by atoms with E-state index in [1.807, 2.05) is 0 Å². The first kappa shape index (κ1) is 16.4. The van der Waals surface area contributed by atoms with Crippen LogP contribution in [0.4, 0.5) is 0 Å². The number of likely N-dealkylation sites (N-methyl/N-ethyl adjacent to an activating group) is 1. The summed E-state index contributed by atoms with van der Waals surface area (Å²) < 4.78 is 26.9. The molecule has 2 rings (SSSR count). The lowest BCUT2D eigenvalue weighted by Crippen LogP contribution is -2.38. The van der Waals surface area contributed by atoms with Crippen LogP contribution in [-0.2, 0) is 16.6 Å². The number of hydrogen-bond acceptors (Lipinski definition) is 4. The normalized spacial score (nSPS) is 20.3. The minimum absolute atomic E-state index is 0.147. The van der Waals surface area contributed by atoms with Gasteiger partial charge in [0.25, 0.3) is 0 Å². The summed E-state index contributed by atoms with van der Waals surface area (Å²) in [5, 5.41) is 9.16. The van der Waals surface area contributed by atoms with Gasteiger partial charge in [0.05, 0.1) is 11.5 Å². The van der Waals surface area contributed by atoms with Crippen molar-refractivity contribution in [3.8, 4) is 0 Å². The molecule has 1 unspecified atom stereocenters. The molecule has 0 aliphatic carbocycles. The van der Waals surface area contributed by atoms with Gasteiger partial charge in [-0.2, -0.15) is 4.31 Å². The van der Waals surface area contributed by atoms with E-state index in [9.17, 15) is 8.42 Å². The maximum Gasteiger partial charge on any atom is 0.243 e. The molecule has 6 heteroatoms. The van der Waals surface area contributed by atoms with E-state index in [2.05, 4.69) is 18.7 Å². The lowest BCUT2D eigenvalue weighted by molar-refractivity contribution is 0.224. The van der Waals surface area contributed by atoms with Crippen LogP contribution in [0.2, 0.25) is 0 Å². The van der Waals surface area contributed by atoms with Gasteiger partial charge in [-0.15, -0.1) is 0 Å². The molecule has 0 bridgehead atoms. The first-order valence-electron chi connectivity index (χ1n) is 7.47. The Morgan fingerprint density at radius 2 is 2.05 bits per heavy atom. The molecule has 1 aromatic rings. The first-order chi connectivity index (χ1) is 10.0. The van der Waals surface area contributed by atoms with E-state index in [4.69, 9.17) is 5.11 Å². The molecule has 1 aromatic carbocycles. The van der Waals surface area contributed by atoms with E-state index < -0.39 is 10.0 Å². The van der Waals surface area contributed by atoms with E-state index in [0.29, 0.717) is 24.7 Å². The van der Waals surface area contributed by atoms with Crippen LogP contribution in [0.15, 0.2) is 29.2 Å². The molecule has 0 saturated carbocycles. The predicted octanol–water partition coefficient (Wildman–Crippen LogP) is 1.28. The van der Waals surface area contributed by atoms with Crippen LogP contribution in [0.3, 0.4) is 0 Å². The van der Waals surface area contributed by atoms with Crippen molar-refractivity contribution in [1.82, 2.24) is 9.21 Å². The summed E-state index contributed by atoms with van der Waals surface area (Å²) in [6.07, 6.45) is 0.876. The van der Waals surface area contributed by atoms with E-state index in [1.54, 1.807) is 28.6 Å². The average Bonchev–Trinajstić information content (AvgIpc) is 2.99. The highest BCUT2D eigenvalue weighted by atomic mass is 32.2. The van der Waals surface area contributed by atoms with Gasteiger partial charge in [0.2, 0.25) is 10.0 Å². The number of nitrogens with zero attached hydrogens (tertiary/aromatic N) is 2. The summed E-state index contributed by atoms with van der Waals surface area (Å²) in [5.41, 5.74) is 0.621. The van der Waals surface area contributed by atoms with Gasteiger partial charge >= 0.3 is 0 Å². The summed E-state index contributed by atoms with van der Waals surface area (Å²) in [6, 6.07) is 6.85. The predicted molar refractivity (Wildman–Crippen MR) is 82.4 cm³/mol. The van der Waals surface area contributed by atoms with Crippen molar-refractivity contribution in [3.05, 3.63) is 29.8 Å². The molecule has 1 aliphatic rings. The smallest absolute Gasteiger partial charge is 0.243 e. The highest BCUT2D eigenvalue weighted by molar-refractivity contribution is 7.89. The number of hydrogen-bond donors (Lipinski definition) is 1. The Hall–Kier alpha value is -0.950. The SMILES string of the molecule is CCN(CC)C1CCN(S(=O)(=O)c2cccc(CO)c2)C1. The molecule has 1 N–H and O–H groups in total. The molecule has 0 aromatic heterocycles. The Labute approximate surface area is 127 Å². The van der Waals surface area contributed by atoms with Crippen molar-refractivity contribution in [3.63, 3.8) is 0 Å². The van der Waals surface area contributed by atoms with E-state index >= 15 is 0 Å². The highest BCUT2D eigenvalue weighted by Crippen LogP contribution is 2.24. The summed E-state index contributed by atoms with van der Waals surface area (Å²) in [6.45, 7) is 7.05. The molecule has 118 valence electrons. The van der Waals surface area contributed by atoms with E-state index in [1.165, 1.54) is 0 Å². The van der Waals surface area contributed by atoms with Gasteiger partial charge < -0.3 is 5.11 Å². The summed E-state index contributed by atoms with van der Waals surface area (Å²) in [5.74, 6) is 0. The van der Waals surface area contributed by atoms with Gasteiger partial charge in [-0.05, 0) is 37.2 Å². The van der Waals surface area contributed by atoms with Crippen LogP contribution < -0.4 is 0 Å². The van der Waals surface area contributed by atoms with Crippen molar-refractivity contribution < 1.29 is 13.5 Å². The third-order valence-corrected chi connectivity index (χ3v) is 6.03. The monoisotopic (exact) mass is 312 g/mol. The average molecular weight is 312 g/mol. The van der Waals surface area contributed by atoms with Crippen molar-refractivity contribution in [2.75, 3.05) is 26.2 Å². The van der Waals surface area contributed by atoms with Gasteiger partial charge in [0.15, 0.2) is 0 Å². The Balaban J connectivity index is 2.17. The van der Waals surface area contributed by atoms with E-state index in [-0.39, 0.29) is 11.5 Å². The topological polar surface area (TPSA) is 60.9 Å². The van der Waals surface area contributed by atoms with Crippen molar-refractivity contribution in [2.24, 2.45) is 0 Å². The first-order valence-corrected chi connectivity index (χ1v) is 8.91. The fourth-order valence-electron chi connectivity index (χ4n) is 2.92. The second-order valence-corrected chi connectivity index (χ2v) is 7.27. The van der Waals surface area contributed by atoms with Crippen molar-refractivity contribution in [1.29, 1.82) is 0 Å². The molecule has 1 aliphatic heterocycles. The Morgan fingerprint density at radius 3 is 2.67 bits per heavy atom. The fourth-order valence-corrected chi connectivity index (χ4v) is 4.48. The minimum Gasteiger partial charge on any atom is -0.392 e. The maximum absolute atomic E-state index is 12.7. The van der Waals surface area contributed by atoms with Gasteiger partial charge in [-0.1, -0.05) is 26.0 Å². The molecule has 0 spiro atoms. The summed E-state index contributed by atoms with van der Waals surface area (Å²) in [7, 11) is -3.46. The quantitative estimate of drug-likeness (QED) is 0.860. The second-order valence-electron chi connectivity index (χ2n) is 5.33. The molecule has 1 heterocycles. The molecule has 21 heavy (non-hydrogen) atoms. The highest BCUT2D eigenvalue weighted by Gasteiger charge is 2.34. The molecule has 5 nitrogen and oxygen atoms in total. The van der Waals surface area contributed by atoms with Gasteiger partial charge in [0, 0.05) is 19.1 Å². The number of rotatable bonds is 6. The Kier molecular flexibility index (Phi) is 5.37. The Bertz CT molecular complexity index is 570. The number of aliphatic hydroxyl groups excluding tert-OH is 1. The lowest BCUT2D eigenvalue weighted by Gasteiger charge is -2.26. The molecular formula is C15H24N2O3S. The molecular weight excluding hydrogens is 288 g/mol. The maximum atomic E-state index is 12.7. The zero-order valence-corrected chi connectivity index (χ0v) is 13.5. The third-order valence-electron chi connectivity index (χ3n) is 4.17. The summed E-state index contributed by atoms with van der Waals surface area (Å²) in [4.78, 5) is 2.58. The van der Waals surface area contributed by atoms with Crippen LogP contribution >= 0.6 is 0 Å². The largest absolute Gasteiger partial charge is 0.392 e. The van der Waals surface area contributed by atoms with Gasteiger partial charge in [-0.25, -0.2) is 8.42 Å². The zero-order valence-electron chi connectivity index (χ0n) is 12.7. The number of sulfonamides is 1. The van der Waals surface area contributed by atoms with Crippen molar-refractivity contribution in [2.45, 2.75) is 37.8 Å². The van der Waals surface area contributed by atoms with Gasteiger partial charge in [0.1, 0.15) is 0 Å². The Morgan fingerprint density at radius 1 is 1.33 bits per heavy atom. The molecule has 1 fully saturated rings.